The van der Waals surface area contributed by atoms with Gasteiger partial charge in [0.15, 0.2) is 11.2 Å². The van der Waals surface area contributed by atoms with E-state index < -0.39 is 0 Å². The number of hydrogen-bond acceptors (Lipinski definition) is 2. The Hall–Kier alpha value is -1.90. The molecule has 0 atom stereocenters. The lowest BCUT2D eigenvalue weighted by Crippen LogP contribution is -2.13. The number of carbonyl (C=O) groups is 1. The van der Waals surface area contributed by atoms with E-state index in [-0.39, 0.29) is 16.8 Å². The van der Waals surface area contributed by atoms with Crippen LogP contribution in [0.25, 0.3) is 10.9 Å². The van der Waals surface area contributed by atoms with E-state index in [9.17, 15) is 9.59 Å². The molecule has 0 bridgehead atoms. The number of hydrogen-bond donors (Lipinski definition) is 1. The first-order chi connectivity index (χ1) is 8.11. The molecular formula is C14H17NO2. The SMILES string of the molecule is CC(=O)c1c[nH]c2ccccc2c1=O.CCC. The van der Waals surface area contributed by atoms with Gasteiger partial charge in [-0.25, -0.2) is 0 Å². The summed E-state index contributed by atoms with van der Waals surface area (Å²) in [5, 5.41) is 0.556. The van der Waals surface area contributed by atoms with Gasteiger partial charge in [-0.05, 0) is 19.1 Å². The number of nitrogens with one attached hydrogen (secondary N) is 1. The third-order valence-corrected chi connectivity index (χ3v) is 2.17. The van der Waals surface area contributed by atoms with Crippen LogP contribution in [0.5, 0.6) is 0 Å². The van der Waals surface area contributed by atoms with E-state index in [1.165, 1.54) is 19.5 Å². The van der Waals surface area contributed by atoms with Gasteiger partial charge in [-0.2, -0.15) is 0 Å². The lowest BCUT2D eigenvalue weighted by atomic mass is 10.1. The van der Waals surface area contributed by atoms with Crippen LogP contribution in [0.3, 0.4) is 0 Å². The predicted molar refractivity (Wildman–Crippen MR) is 70.5 cm³/mol. The Morgan fingerprint density at radius 3 is 2.41 bits per heavy atom. The number of rotatable bonds is 1. The van der Waals surface area contributed by atoms with Crippen molar-refractivity contribution in [1.29, 1.82) is 0 Å². The number of H-pyrrole nitrogens is 1. The van der Waals surface area contributed by atoms with Gasteiger partial charge in [0, 0.05) is 17.1 Å². The van der Waals surface area contributed by atoms with Crippen molar-refractivity contribution < 1.29 is 4.79 Å². The molecule has 0 aliphatic heterocycles. The quantitative estimate of drug-likeness (QED) is 0.766. The second kappa shape index (κ2) is 5.99. The average Bonchev–Trinajstić information content (AvgIpc) is 2.30. The van der Waals surface area contributed by atoms with E-state index in [2.05, 4.69) is 18.8 Å². The Labute approximate surface area is 100 Å². The molecule has 0 unspecified atom stereocenters. The Balaban J connectivity index is 0.000000437. The maximum Gasteiger partial charge on any atom is 0.200 e. The second-order valence-electron chi connectivity index (χ2n) is 3.84. The van der Waals surface area contributed by atoms with Crippen LogP contribution in [0.1, 0.15) is 37.6 Å². The molecule has 0 spiro atoms. The fourth-order valence-corrected chi connectivity index (χ4v) is 1.43. The number of para-hydroxylation sites is 1. The Bertz CT molecular complexity index is 570. The van der Waals surface area contributed by atoms with Crippen LogP contribution in [0, 0.1) is 0 Å². The average molecular weight is 231 g/mol. The van der Waals surface area contributed by atoms with Gasteiger partial charge < -0.3 is 4.98 Å². The maximum absolute atomic E-state index is 11.7. The lowest BCUT2D eigenvalue weighted by Gasteiger charge is -1.98. The van der Waals surface area contributed by atoms with Gasteiger partial charge in [0.05, 0.1) is 5.56 Å². The summed E-state index contributed by atoms with van der Waals surface area (Å²) in [4.78, 5) is 25.7. The fraction of sp³-hybridized carbons (Fsp3) is 0.286. The van der Waals surface area contributed by atoms with Gasteiger partial charge in [-0.3, -0.25) is 9.59 Å². The molecule has 3 heteroatoms. The summed E-state index contributed by atoms with van der Waals surface area (Å²) in [7, 11) is 0. The highest BCUT2D eigenvalue weighted by atomic mass is 16.1. The molecule has 90 valence electrons. The van der Waals surface area contributed by atoms with E-state index in [1.54, 1.807) is 18.2 Å². The number of benzene rings is 1. The summed E-state index contributed by atoms with van der Waals surface area (Å²) in [6.07, 6.45) is 2.72. The molecule has 17 heavy (non-hydrogen) atoms. The molecule has 0 amide bonds. The monoisotopic (exact) mass is 231 g/mol. The highest BCUT2D eigenvalue weighted by molar-refractivity contribution is 5.96. The third-order valence-electron chi connectivity index (χ3n) is 2.17. The molecule has 0 saturated carbocycles. The number of fused-ring (bicyclic) bond motifs is 1. The van der Waals surface area contributed by atoms with Crippen LogP contribution in [0.2, 0.25) is 0 Å². The highest BCUT2D eigenvalue weighted by Crippen LogP contribution is 2.06. The maximum atomic E-state index is 11.7. The summed E-state index contributed by atoms with van der Waals surface area (Å²) in [5.41, 5.74) is 0.762. The van der Waals surface area contributed by atoms with Crippen molar-refractivity contribution in [1.82, 2.24) is 4.98 Å². The zero-order chi connectivity index (χ0) is 12.8. The molecule has 0 radical (unpaired) electrons. The molecule has 1 N–H and O–H groups in total. The second-order valence-corrected chi connectivity index (χ2v) is 3.84. The summed E-state index contributed by atoms with van der Waals surface area (Å²) < 4.78 is 0. The number of pyridine rings is 1. The van der Waals surface area contributed by atoms with Crippen molar-refractivity contribution in [2.45, 2.75) is 27.2 Å². The Morgan fingerprint density at radius 1 is 1.24 bits per heavy atom. The van der Waals surface area contributed by atoms with Gasteiger partial charge in [0.1, 0.15) is 0 Å². The van der Waals surface area contributed by atoms with Gasteiger partial charge in [0.25, 0.3) is 0 Å². The Kier molecular flexibility index (Phi) is 4.64. The lowest BCUT2D eigenvalue weighted by molar-refractivity contribution is 0.101. The number of aromatic nitrogens is 1. The highest BCUT2D eigenvalue weighted by Gasteiger charge is 2.07. The van der Waals surface area contributed by atoms with Crippen LogP contribution in [0.15, 0.2) is 35.3 Å². The van der Waals surface area contributed by atoms with E-state index in [1.807, 2.05) is 6.07 Å². The van der Waals surface area contributed by atoms with Crippen molar-refractivity contribution >= 4 is 16.7 Å². The van der Waals surface area contributed by atoms with Gasteiger partial charge >= 0.3 is 0 Å². The first-order valence-corrected chi connectivity index (χ1v) is 5.73. The Morgan fingerprint density at radius 2 is 1.82 bits per heavy atom. The van der Waals surface area contributed by atoms with Gasteiger partial charge in [-0.15, -0.1) is 0 Å². The molecule has 2 aromatic rings. The molecule has 0 aliphatic carbocycles. The molecule has 0 aliphatic rings. The number of Topliss-reactive ketones (excluding diaryl/α,β-unsaturated/α-hetero) is 1. The predicted octanol–water partition coefficient (Wildman–Crippen LogP) is 3.15. The summed E-state index contributed by atoms with van der Waals surface area (Å²) in [6, 6.07) is 7.13. The summed E-state index contributed by atoms with van der Waals surface area (Å²) >= 11 is 0. The topological polar surface area (TPSA) is 49.9 Å². The third kappa shape index (κ3) is 3.03. The largest absolute Gasteiger partial charge is 0.360 e. The van der Waals surface area contributed by atoms with Crippen LogP contribution in [-0.2, 0) is 0 Å². The molecule has 0 fully saturated rings. The van der Waals surface area contributed by atoms with Crippen LogP contribution < -0.4 is 5.43 Å². The molecule has 1 aromatic heterocycles. The molecule has 2 rings (SSSR count). The number of carbonyl (C=O) groups excluding carboxylic acids is 1. The normalized spacial score (nSPS) is 9.59. The minimum Gasteiger partial charge on any atom is -0.360 e. The summed E-state index contributed by atoms with van der Waals surface area (Å²) in [6.45, 7) is 5.64. The molecule has 3 nitrogen and oxygen atoms in total. The van der Waals surface area contributed by atoms with Crippen LogP contribution in [0.4, 0.5) is 0 Å². The minimum atomic E-state index is -0.211. The first kappa shape index (κ1) is 13.2. The number of ketones is 1. The zero-order valence-corrected chi connectivity index (χ0v) is 10.4. The van der Waals surface area contributed by atoms with E-state index in [4.69, 9.17) is 0 Å². The van der Waals surface area contributed by atoms with Crippen molar-refractivity contribution in [2.24, 2.45) is 0 Å². The smallest absolute Gasteiger partial charge is 0.200 e. The summed E-state index contributed by atoms with van der Waals surface area (Å²) in [5.74, 6) is -0.211. The van der Waals surface area contributed by atoms with Gasteiger partial charge in [0.2, 0.25) is 0 Å². The number of aromatic amines is 1. The standard InChI is InChI=1S/C11H9NO2.C3H8/c1-7(13)9-6-12-10-5-3-2-4-8(10)11(9)14;1-3-2/h2-6H,1H3,(H,12,14);3H2,1-2H3. The van der Waals surface area contributed by atoms with E-state index in [0.717, 1.165) is 5.52 Å². The fourth-order valence-electron chi connectivity index (χ4n) is 1.43. The van der Waals surface area contributed by atoms with Crippen LogP contribution >= 0.6 is 0 Å². The van der Waals surface area contributed by atoms with Crippen molar-refractivity contribution in [3.63, 3.8) is 0 Å². The van der Waals surface area contributed by atoms with Crippen molar-refractivity contribution in [3.05, 3.63) is 46.2 Å². The molecular weight excluding hydrogens is 214 g/mol. The van der Waals surface area contributed by atoms with E-state index in [0.29, 0.717) is 5.39 Å². The van der Waals surface area contributed by atoms with Crippen LogP contribution in [-0.4, -0.2) is 10.8 Å². The van der Waals surface area contributed by atoms with Crippen molar-refractivity contribution in [3.8, 4) is 0 Å². The van der Waals surface area contributed by atoms with Crippen molar-refractivity contribution in [2.75, 3.05) is 0 Å². The molecule has 0 saturated heterocycles. The minimum absolute atomic E-state index is 0.202. The zero-order valence-electron chi connectivity index (χ0n) is 10.4. The molecule has 1 aromatic carbocycles. The van der Waals surface area contributed by atoms with Gasteiger partial charge in [-0.1, -0.05) is 32.4 Å². The van der Waals surface area contributed by atoms with E-state index >= 15 is 0 Å². The first-order valence-electron chi connectivity index (χ1n) is 5.73. The molecule has 1 heterocycles.